The highest BCUT2D eigenvalue weighted by molar-refractivity contribution is 6.08. The number of benzene rings is 1. The number of carbonyl (C=O) groups excluding carboxylic acids is 2. The normalized spacial score (nSPS) is 15.4. The van der Waals surface area contributed by atoms with Gasteiger partial charge in [-0.2, -0.15) is 0 Å². The number of nitrogens with zero attached hydrogens (tertiary/aromatic N) is 2. The van der Waals surface area contributed by atoms with Crippen LogP contribution in [0.25, 0.3) is 0 Å². The van der Waals surface area contributed by atoms with Crippen molar-refractivity contribution in [2.24, 2.45) is 0 Å². The second-order valence-electron chi connectivity index (χ2n) is 6.22. The van der Waals surface area contributed by atoms with Gasteiger partial charge in [-0.3, -0.25) is 14.6 Å². The molecule has 0 fully saturated rings. The van der Waals surface area contributed by atoms with Gasteiger partial charge in [-0.25, -0.2) is 0 Å². The third kappa shape index (κ3) is 2.59. The van der Waals surface area contributed by atoms with Crippen LogP contribution in [0.5, 0.6) is 0 Å². The van der Waals surface area contributed by atoms with Crippen LogP contribution in [0.1, 0.15) is 35.5 Å². The maximum atomic E-state index is 12.4. The molecule has 1 aromatic heterocycles. The Labute approximate surface area is 135 Å². The summed E-state index contributed by atoms with van der Waals surface area (Å²) in [5.41, 5.74) is 2.49. The quantitative estimate of drug-likeness (QED) is 0.946. The highest BCUT2D eigenvalue weighted by Crippen LogP contribution is 2.40. The van der Waals surface area contributed by atoms with Gasteiger partial charge in [0.05, 0.1) is 17.7 Å². The van der Waals surface area contributed by atoms with Gasteiger partial charge in [0, 0.05) is 24.5 Å². The Balaban J connectivity index is 1.81. The van der Waals surface area contributed by atoms with Crippen molar-refractivity contribution in [3.05, 3.63) is 59.4 Å². The lowest BCUT2D eigenvalue weighted by Crippen LogP contribution is -2.33. The maximum absolute atomic E-state index is 12.4. The van der Waals surface area contributed by atoms with Crippen molar-refractivity contribution in [2.75, 3.05) is 11.9 Å². The molecule has 0 aliphatic carbocycles. The summed E-state index contributed by atoms with van der Waals surface area (Å²) in [6, 6.07) is 11.0. The van der Waals surface area contributed by atoms with Crippen LogP contribution in [0, 0.1) is 0 Å². The molecule has 0 saturated heterocycles. The number of pyridine rings is 1. The Hall–Kier alpha value is -2.69. The minimum atomic E-state index is -0.610. The summed E-state index contributed by atoms with van der Waals surface area (Å²) >= 11 is 0. The van der Waals surface area contributed by atoms with Crippen molar-refractivity contribution < 1.29 is 9.59 Å². The summed E-state index contributed by atoms with van der Waals surface area (Å²) in [6.45, 7) is 4.14. The Morgan fingerprint density at radius 3 is 2.74 bits per heavy atom. The summed E-state index contributed by atoms with van der Waals surface area (Å²) in [6.07, 6.45) is 1.70. The fraction of sp³-hybridized carbons (Fsp3) is 0.278. The fourth-order valence-electron chi connectivity index (χ4n) is 2.89. The van der Waals surface area contributed by atoms with E-state index in [1.54, 1.807) is 24.2 Å². The lowest BCUT2D eigenvalue weighted by molar-refractivity contribution is -0.121. The van der Waals surface area contributed by atoms with E-state index in [0.717, 1.165) is 16.9 Å². The van der Waals surface area contributed by atoms with Gasteiger partial charge in [-0.15, -0.1) is 0 Å². The van der Waals surface area contributed by atoms with Gasteiger partial charge in [-0.1, -0.05) is 6.07 Å². The summed E-state index contributed by atoms with van der Waals surface area (Å²) in [5.74, 6) is -0.130. The lowest BCUT2D eigenvalue weighted by atomic mass is 9.85. The summed E-state index contributed by atoms with van der Waals surface area (Å²) in [7, 11) is 1.76. The van der Waals surface area contributed by atoms with Crippen LogP contribution < -0.4 is 10.2 Å². The number of aromatic nitrogens is 1. The first-order valence-corrected chi connectivity index (χ1v) is 7.52. The molecule has 2 heterocycles. The average Bonchev–Trinajstić information content (AvgIpc) is 2.74. The molecule has 1 N–H and O–H groups in total. The van der Waals surface area contributed by atoms with E-state index in [0.29, 0.717) is 12.1 Å². The summed E-state index contributed by atoms with van der Waals surface area (Å²) in [5, 5.41) is 2.86. The molecule has 1 aliphatic rings. The zero-order valence-corrected chi connectivity index (χ0v) is 13.5. The molecule has 3 rings (SSSR count). The zero-order chi connectivity index (χ0) is 16.6. The third-order valence-corrected chi connectivity index (χ3v) is 4.29. The van der Waals surface area contributed by atoms with E-state index in [2.05, 4.69) is 10.3 Å². The highest BCUT2D eigenvalue weighted by atomic mass is 16.2. The molecule has 23 heavy (non-hydrogen) atoms. The molecule has 0 saturated carbocycles. The minimum Gasteiger partial charge on any atom is -0.346 e. The van der Waals surface area contributed by atoms with Gasteiger partial charge in [-0.05, 0) is 49.7 Å². The predicted octanol–water partition coefficient (Wildman–Crippen LogP) is 2.27. The number of rotatable bonds is 3. The Bertz CT molecular complexity index is 769. The SMILES string of the molecule is CN1C(=O)C(C)(C)c2cc(C(=O)NCc3ccccn3)ccc21. The van der Waals surface area contributed by atoms with Gasteiger partial charge in [0.1, 0.15) is 0 Å². The number of likely N-dealkylation sites (N-methyl/N-ethyl adjacent to an activating group) is 1. The molecule has 2 amide bonds. The molecule has 0 spiro atoms. The maximum Gasteiger partial charge on any atom is 0.251 e. The number of amides is 2. The van der Waals surface area contributed by atoms with Gasteiger partial charge in [0.25, 0.3) is 5.91 Å². The van der Waals surface area contributed by atoms with Crippen LogP contribution >= 0.6 is 0 Å². The molecular weight excluding hydrogens is 290 g/mol. The van der Waals surface area contributed by atoms with Crippen LogP contribution in [-0.4, -0.2) is 23.8 Å². The smallest absolute Gasteiger partial charge is 0.251 e. The first-order chi connectivity index (χ1) is 10.9. The molecule has 0 unspecified atom stereocenters. The third-order valence-electron chi connectivity index (χ3n) is 4.29. The standard InChI is InChI=1S/C18H19N3O2/c1-18(2)14-10-12(7-8-15(14)21(3)17(18)23)16(22)20-11-13-6-4-5-9-19-13/h4-10H,11H2,1-3H3,(H,20,22). The lowest BCUT2D eigenvalue weighted by Gasteiger charge is -2.16. The minimum absolute atomic E-state index is 0.0403. The second kappa shape index (κ2) is 5.50. The van der Waals surface area contributed by atoms with E-state index in [1.165, 1.54) is 0 Å². The zero-order valence-electron chi connectivity index (χ0n) is 13.5. The highest BCUT2D eigenvalue weighted by Gasteiger charge is 2.42. The Morgan fingerprint density at radius 1 is 1.26 bits per heavy atom. The molecular formula is C18H19N3O2. The van der Waals surface area contributed by atoms with E-state index in [1.807, 2.05) is 44.2 Å². The van der Waals surface area contributed by atoms with Gasteiger partial charge >= 0.3 is 0 Å². The molecule has 5 heteroatoms. The van der Waals surface area contributed by atoms with Crippen LogP contribution in [0.15, 0.2) is 42.6 Å². The molecule has 1 aliphatic heterocycles. The van der Waals surface area contributed by atoms with Gasteiger partial charge < -0.3 is 10.2 Å². The van der Waals surface area contributed by atoms with Crippen molar-refractivity contribution in [1.82, 2.24) is 10.3 Å². The number of hydrogen-bond donors (Lipinski definition) is 1. The van der Waals surface area contributed by atoms with Crippen LogP contribution in [0.3, 0.4) is 0 Å². The molecule has 0 radical (unpaired) electrons. The number of anilines is 1. The molecule has 0 atom stereocenters. The van der Waals surface area contributed by atoms with Gasteiger partial charge in [0.2, 0.25) is 5.91 Å². The van der Waals surface area contributed by atoms with Crippen LogP contribution in [0.4, 0.5) is 5.69 Å². The van der Waals surface area contributed by atoms with Gasteiger partial charge in [0.15, 0.2) is 0 Å². The average molecular weight is 309 g/mol. The monoisotopic (exact) mass is 309 g/mol. The number of hydrogen-bond acceptors (Lipinski definition) is 3. The summed E-state index contributed by atoms with van der Waals surface area (Å²) in [4.78, 5) is 30.5. The van der Waals surface area contributed by atoms with E-state index >= 15 is 0 Å². The van der Waals surface area contributed by atoms with E-state index in [9.17, 15) is 9.59 Å². The molecule has 118 valence electrons. The predicted molar refractivity (Wildman–Crippen MR) is 88.3 cm³/mol. The van der Waals surface area contributed by atoms with Crippen molar-refractivity contribution in [3.8, 4) is 0 Å². The number of carbonyl (C=O) groups is 2. The van der Waals surface area contributed by atoms with Crippen molar-refractivity contribution in [2.45, 2.75) is 25.8 Å². The van der Waals surface area contributed by atoms with Crippen molar-refractivity contribution in [1.29, 1.82) is 0 Å². The van der Waals surface area contributed by atoms with E-state index in [-0.39, 0.29) is 11.8 Å². The first kappa shape index (κ1) is 15.2. The first-order valence-electron chi connectivity index (χ1n) is 7.52. The molecule has 0 bridgehead atoms. The largest absolute Gasteiger partial charge is 0.346 e. The fourth-order valence-corrected chi connectivity index (χ4v) is 2.89. The van der Waals surface area contributed by atoms with Crippen LogP contribution in [-0.2, 0) is 16.8 Å². The molecule has 1 aromatic carbocycles. The molecule has 5 nitrogen and oxygen atoms in total. The Kier molecular flexibility index (Phi) is 3.64. The molecule has 2 aromatic rings. The van der Waals surface area contributed by atoms with Crippen LogP contribution in [0.2, 0.25) is 0 Å². The number of fused-ring (bicyclic) bond motifs is 1. The van der Waals surface area contributed by atoms with Crippen molar-refractivity contribution >= 4 is 17.5 Å². The number of nitrogens with one attached hydrogen (secondary N) is 1. The van der Waals surface area contributed by atoms with E-state index < -0.39 is 5.41 Å². The van der Waals surface area contributed by atoms with E-state index in [4.69, 9.17) is 0 Å². The Morgan fingerprint density at radius 2 is 2.04 bits per heavy atom. The van der Waals surface area contributed by atoms with Crippen molar-refractivity contribution in [3.63, 3.8) is 0 Å². The second-order valence-corrected chi connectivity index (χ2v) is 6.22. The summed E-state index contributed by atoms with van der Waals surface area (Å²) < 4.78 is 0. The topological polar surface area (TPSA) is 62.3 Å².